The van der Waals surface area contributed by atoms with E-state index in [9.17, 15) is 9.90 Å². The number of carbonyl (C=O) groups excluding carboxylic acids is 1. The van der Waals surface area contributed by atoms with Crippen LogP contribution in [0.25, 0.3) is 0 Å². The highest BCUT2D eigenvalue weighted by molar-refractivity contribution is 5.87. The molecule has 2 aliphatic rings. The van der Waals surface area contributed by atoms with Crippen molar-refractivity contribution in [3.8, 4) is 0 Å². The van der Waals surface area contributed by atoms with Crippen molar-refractivity contribution in [2.24, 2.45) is 0 Å². The topological polar surface area (TPSA) is 116 Å². The first kappa shape index (κ1) is 18.4. The second-order valence-electron chi connectivity index (χ2n) is 6.45. The van der Waals surface area contributed by atoms with Crippen molar-refractivity contribution < 1.29 is 19.4 Å². The summed E-state index contributed by atoms with van der Waals surface area (Å²) >= 11 is 0. The van der Waals surface area contributed by atoms with Crippen LogP contribution < -0.4 is 20.2 Å². The van der Waals surface area contributed by atoms with Crippen LogP contribution in [-0.2, 0) is 9.47 Å². The number of carbonyl (C=O) groups is 1. The highest BCUT2D eigenvalue weighted by Crippen LogP contribution is 2.21. The first-order valence-corrected chi connectivity index (χ1v) is 9.19. The van der Waals surface area contributed by atoms with Crippen molar-refractivity contribution in [1.29, 1.82) is 0 Å². The fraction of sp³-hybridized carbons (Fsp3) is 0.444. The van der Waals surface area contributed by atoms with Crippen LogP contribution in [0.4, 0.5) is 23.5 Å². The summed E-state index contributed by atoms with van der Waals surface area (Å²) in [6.45, 7) is 5.28. The third-order valence-electron chi connectivity index (χ3n) is 4.55. The monoisotopic (exact) mass is 385 g/mol. The average Bonchev–Trinajstić information content (AvgIpc) is 2.75. The van der Waals surface area contributed by atoms with E-state index >= 15 is 0 Å². The number of rotatable bonds is 5. The van der Waals surface area contributed by atoms with Crippen molar-refractivity contribution in [2.75, 3.05) is 67.7 Å². The Morgan fingerprint density at radius 3 is 2.04 bits per heavy atom. The van der Waals surface area contributed by atoms with Crippen LogP contribution in [0, 0.1) is 0 Å². The minimum atomic E-state index is -1.23. The van der Waals surface area contributed by atoms with E-state index < -0.39 is 5.97 Å². The fourth-order valence-corrected chi connectivity index (χ4v) is 3.07. The Bertz CT molecular complexity index is 800. The highest BCUT2D eigenvalue weighted by atomic mass is 16.5. The number of hydrogen-bond donors (Lipinski definition) is 1. The number of nitrogens with one attached hydrogen (secondary N) is 1. The third-order valence-corrected chi connectivity index (χ3v) is 4.55. The van der Waals surface area contributed by atoms with E-state index in [4.69, 9.17) is 9.47 Å². The van der Waals surface area contributed by atoms with E-state index in [1.807, 2.05) is 0 Å². The zero-order valence-corrected chi connectivity index (χ0v) is 15.3. The second kappa shape index (κ2) is 8.36. The minimum Gasteiger partial charge on any atom is -0.545 e. The molecular formula is C18H21N6O4-. The van der Waals surface area contributed by atoms with E-state index in [-0.39, 0.29) is 5.56 Å². The Kier molecular flexibility index (Phi) is 5.49. The van der Waals surface area contributed by atoms with Crippen LogP contribution in [0.5, 0.6) is 0 Å². The lowest BCUT2D eigenvalue weighted by Crippen LogP contribution is -2.40. The smallest absolute Gasteiger partial charge is 0.233 e. The summed E-state index contributed by atoms with van der Waals surface area (Å²) in [4.78, 5) is 28.9. The summed E-state index contributed by atoms with van der Waals surface area (Å²) in [6, 6.07) is 6.35. The van der Waals surface area contributed by atoms with Crippen molar-refractivity contribution in [1.82, 2.24) is 15.0 Å². The number of ether oxygens (including phenoxy) is 2. The molecule has 148 valence electrons. The first-order chi connectivity index (χ1) is 13.7. The van der Waals surface area contributed by atoms with Gasteiger partial charge in [0, 0.05) is 31.9 Å². The lowest BCUT2D eigenvalue weighted by molar-refractivity contribution is -0.255. The van der Waals surface area contributed by atoms with E-state index in [1.54, 1.807) is 12.1 Å². The zero-order valence-electron chi connectivity index (χ0n) is 15.3. The van der Waals surface area contributed by atoms with Gasteiger partial charge < -0.3 is 34.5 Å². The van der Waals surface area contributed by atoms with Gasteiger partial charge in [0.05, 0.1) is 32.4 Å². The van der Waals surface area contributed by atoms with Gasteiger partial charge in [0.15, 0.2) is 0 Å². The largest absolute Gasteiger partial charge is 0.545 e. The number of carboxylic acids is 1. The molecule has 1 aromatic carbocycles. The molecular weight excluding hydrogens is 364 g/mol. The van der Waals surface area contributed by atoms with Gasteiger partial charge in [0.2, 0.25) is 17.8 Å². The van der Waals surface area contributed by atoms with Crippen LogP contribution in [0.1, 0.15) is 10.4 Å². The molecule has 2 fully saturated rings. The molecule has 1 aromatic heterocycles. The quantitative estimate of drug-likeness (QED) is 0.732. The summed E-state index contributed by atoms with van der Waals surface area (Å²) < 4.78 is 10.8. The Morgan fingerprint density at radius 1 is 0.929 bits per heavy atom. The Hall–Kier alpha value is -2.98. The molecule has 0 saturated carbocycles. The Balaban J connectivity index is 1.64. The number of aromatic nitrogens is 3. The predicted molar refractivity (Wildman–Crippen MR) is 99.9 cm³/mol. The van der Waals surface area contributed by atoms with Gasteiger partial charge in [-0.3, -0.25) is 0 Å². The van der Waals surface area contributed by atoms with Gasteiger partial charge in [-0.2, -0.15) is 15.0 Å². The predicted octanol–water partition coefficient (Wildman–Crippen LogP) is -0.348. The molecule has 0 radical (unpaired) electrons. The van der Waals surface area contributed by atoms with Crippen molar-refractivity contribution in [3.05, 3.63) is 29.8 Å². The summed E-state index contributed by atoms with van der Waals surface area (Å²) in [5, 5.41) is 14.2. The SMILES string of the molecule is O=C([O-])c1cccc(Nc2nc(N3CCOCC3)nc(N3CCOCC3)n2)c1. The van der Waals surface area contributed by atoms with Gasteiger partial charge in [-0.25, -0.2) is 0 Å². The van der Waals surface area contributed by atoms with E-state index in [2.05, 4.69) is 30.1 Å². The third kappa shape index (κ3) is 4.29. The molecule has 2 aliphatic heterocycles. The lowest BCUT2D eigenvalue weighted by Gasteiger charge is -2.30. The number of carboxylic acid groups (broad SMARTS) is 1. The molecule has 0 atom stereocenters. The molecule has 28 heavy (non-hydrogen) atoms. The van der Waals surface area contributed by atoms with Crippen LogP contribution >= 0.6 is 0 Å². The fourth-order valence-electron chi connectivity index (χ4n) is 3.07. The molecule has 0 unspecified atom stereocenters. The molecule has 0 bridgehead atoms. The summed E-state index contributed by atoms with van der Waals surface area (Å²) in [6.07, 6.45) is 0. The molecule has 0 aliphatic carbocycles. The number of anilines is 4. The Morgan fingerprint density at radius 2 is 1.50 bits per heavy atom. The lowest BCUT2D eigenvalue weighted by atomic mass is 10.2. The number of nitrogens with zero attached hydrogens (tertiary/aromatic N) is 5. The van der Waals surface area contributed by atoms with Gasteiger partial charge in [-0.05, 0) is 17.7 Å². The maximum Gasteiger partial charge on any atom is 0.233 e. The number of morpholine rings is 2. The van der Waals surface area contributed by atoms with Crippen LogP contribution in [-0.4, -0.2) is 73.5 Å². The van der Waals surface area contributed by atoms with E-state index in [0.29, 0.717) is 76.1 Å². The highest BCUT2D eigenvalue weighted by Gasteiger charge is 2.20. The summed E-state index contributed by atoms with van der Waals surface area (Å²) in [5.74, 6) is 0.257. The molecule has 3 heterocycles. The standard InChI is InChI=1S/C18H22N6O4/c25-15(26)13-2-1-3-14(12-13)19-16-20-17(23-4-8-27-9-5-23)22-18(21-16)24-6-10-28-11-7-24/h1-3,12H,4-11H2,(H,25,26)(H,19,20,21,22)/p-1. The maximum atomic E-state index is 11.1. The van der Waals surface area contributed by atoms with Crippen molar-refractivity contribution >= 4 is 29.5 Å². The molecule has 0 spiro atoms. The van der Waals surface area contributed by atoms with Crippen LogP contribution in [0.3, 0.4) is 0 Å². The van der Waals surface area contributed by atoms with Crippen LogP contribution in [0.15, 0.2) is 24.3 Å². The molecule has 0 amide bonds. The average molecular weight is 385 g/mol. The van der Waals surface area contributed by atoms with Gasteiger partial charge in [0.25, 0.3) is 0 Å². The van der Waals surface area contributed by atoms with Crippen molar-refractivity contribution in [3.63, 3.8) is 0 Å². The maximum absolute atomic E-state index is 11.1. The molecule has 4 rings (SSSR count). The van der Waals surface area contributed by atoms with Gasteiger partial charge in [0.1, 0.15) is 0 Å². The van der Waals surface area contributed by atoms with Gasteiger partial charge in [-0.1, -0.05) is 12.1 Å². The van der Waals surface area contributed by atoms with Gasteiger partial charge in [-0.15, -0.1) is 0 Å². The van der Waals surface area contributed by atoms with E-state index in [1.165, 1.54) is 12.1 Å². The normalized spacial score (nSPS) is 17.4. The van der Waals surface area contributed by atoms with Crippen LogP contribution in [0.2, 0.25) is 0 Å². The Labute approximate surface area is 162 Å². The zero-order chi connectivity index (χ0) is 19.3. The number of benzene rings is 1. The molecule has 1 N–H and O–H groups in total. The molecule has 10 nitrogen and oxygen atoms in total. The van der Waals surface area contributed by atoms with Crippen molar-refractivity contribution in [2.45, 2.75) is 0 Å². The molecule has 10 heteroatoms. The molecule has 2 aromatic rings. The van der Waals surface area contributed by atoms with E-state index in [0.717, 1.165) is 0 Å². The molecule has 2 saturated heterocycles. The number of hydrogen-bond acceptors (Lipinski definition) is 10. The number of aromatic carboxylic acids is 1. The first-order valence-electron chi connectivity index (χ1n) is 9.19. The summed E-state index contributed by atoms with van der Waals surface area (Å²) in [7, 11) is 0. The second-order valence-corrected chi connectivity index (χ2v) is 6.45. The summed E-state index contributed by atoms with van der Waals surface area (Å²) in [5.41, 5.74) is 0.648. The van der Waals surface area contributed by atoms with Gasteiger partial charge >= 0.3 is 0 Å². The minimum absolute atomic E-state index is 0.0841.